The van der Waals surface area contributed by atoms with Crippen molar-refractivity contribution in [2.24, 2.45) is 5.92 Å². The van der Waals surface area contributed by atoms with E-state index in [-0.39, 0.29) is 30.8 Å². The maximum atomic E-state index is 12.4. The number of alkyl carbamates (subject to hydrolysis) is 1. The number of rotatable bonds is 7. The van der Waals surface area contributed by atoms with E-state index in [0.29, 0.717) is 0 Å². The van der Waals surface area contributed by atoms with Crippen LogP contribution in [0.5, 0.6) is 0 Å². The summed E-state index contributed by atoms with van der Waals surface area (Å²) in [6, 6.07) is 15.4. The molecule has 29 heavy (non-hydrogen) atoms. The zero-order chi connectivity index (χ0) is 21.0. The minimum Gasteiger partial charge on any atom is -0.449 e. The number of amides is 2. The van der Waals surface area contributed by atoms with Gasteiger partial charge >= 0.3 is 6.09 Å². The minimum atomic E-state index is -0.773. The molecule has 0 saturated heterocycles. The average Bonchev–Trinajstić information content (AvgIpc) is 3.02. The number of nitrogens with one attached hydrogen (secondary N) is 2. The average molecular weight is 394 g/mol. The van der Waals surface area contributed by atoms with Crippen molar-refractivity contribution in [2.45, 2.75) is 32.7 Å². The standard InChI is InChI=1S/C23H26N2O4/c1-14(2)21(22(27)24-12-15(3)26)25-23(28)29-13-20-18-10-6-4-8-16(18)17-9-5-7-11-19(17)20/h4-11,14,20-21H,12-13H2,1-3H3,(H,24,27)(H,25,28). The van der Waals surface area contributed by atoms with Crippen molar-refractivity contribution in [3.05, 3.63) is 59.7 Å². The predicted molar refractivity (Wildman–Crippen MR) is 111 cm³/mol. The quantitative estimate of drug-likeness (QED) is 0.755. The molecule has 0 spiro atoms. The summed E-state index contributed by atoms with van der Waals surface area (Å²) in [5.74, 6) is -0.745. The highest BCUT2D eigenvalue weighted by atomic mass is 16.5. The fraction of sp³-hybridized carbons (Fsp3) is 0.348. The molecule has 0 aliphatic heterocycles. The van der Waals surface area contributed by atoms with Crippen LogP contribution in [0, 0.1) is 5.92 Å². The predicted octanol–water partition coefficient (Wildman–Crippen LogP) is 3.25. The summed E-state index contributed by atoms with van der Waals surface area (Å²) in [7, 11) is 0. The van der Waals surface area contributed by atoms with Gasteiger partial charge in [0.15, 0.2) is 0 Å². The zero-order valence-electron chi connectivity index (χ0n) is 16.9. The van der Waals surface area contributed by atoms with E-state index in [9.17, 15) is 14.4 Å². The molecule has 6 heteroatoms. The van der Waals surface area contributed by atoms with Gasteiger partial charge in [-0.2, -0.15) is 0 Å². The van der Waals surface area contributed by atoms with Crippen LogP contribution in [0.3, 0.4) is 0 Å². The lowest BCUT2D eigenvalue weighted by Gasteiger charge is -2.22. The summed E-state index contributed by atoms with van der Waals surface area (Å²) >= 11 is 0. The van der Waals surface area contributed by atoms with Crippen molar-refractivity contribution in [1.82, 2.24) is 10.6 Å². The Morgan fingerprint density at radius 3 is 2.03 bits per heavy atom. The second kappa shape index (κ2) is 8.90. The third kappa shape index (κ3) is 4.65. The Morgan fingerprint density at radius 2 is 1.52 bits per heavy atom. The van der Waals surface area contributed by atoms with E-state index in [1.54, 1.807) is 0 Å². The molecule has 0 aromatic heterocycles. The van der Waals surface area contributed by atoms with E-state index in [4.69, 9.17) is 4.74 Å². The van der Waals surface area contributed by atoms with Gasteiger partial charge in [-0.05, 0) is 35.1 Å². The highest BCUT2D eigenvalue weighted by Crippen LogP contribution is 2.44. The lowest BCUT2D eigenvalue weighted by molar-refractivity contribution is -0.126. The first-order chi connectivity index (χ1) is 13.9. The molecule has 3 rings (SSSR count). The van der Waals surface area contributed by atoms with Gasteiger partial charge < -0.3 is 15.4 Å². The molecule has 0 fully saturated rings. The smallest absolute Gasteiger partial charge is 0.407 e. The number of ketones is 1. The van der Waals surface area contributed by atoms with Crippen molar-refractivity contribution < 1.29 is 19.1 Å². The topological polar surface area (TPSA) is 84.5 Å². The maximum Gasteiger partial charge on any atom is 0.407 e. The fourth-order valence-electron chi connectivity index (χ4n) is 3.62. The first-order valence-corrected chi connectivity index (χ1v) is 9.77. The normalized spacial score (nSPS) is 13.4. The molecule has 1 atom stereocenters. The van der Waals surface area contributed by atoms with Gasteiger partial charge in [0.1, 0.15) is 18.4 Å². The molecule has 6 nitrogen and oxygen atoms in total. The number of hydrogen-bond acceptors (Lipinski definition) is 4. The Kier molecular flexibility index (Phi) is 6.32. The first-order valence-electron chi connectivity index (χ1n) is 9.77. The van der Waals surface area contributed by atoms with E-state index in [1.165, 1.54) is 6.92 Å². The molecule has 0 radical (unpaired) electrons. The van der Waals surface area contributed by atoms with Gasteiger partial charge in [0, 0.05) is 5.92 Å². The van der Waals surface area contributed by atoms with Crippen molar-refractivity contribution in [3.8, 4) is 11.1 Å². The lowest BCUT2D eigenvalue weighted by Crippen LogP contribution is -2.50. The van der Waals surface area contributed by atoms with Crippen molar-refractivity contribution in [2.75, 3.05) is 13.2 Å². The molecule has 0 saturated carbocycles. The van der Waals surface area contributed by atoms with Crippen LogP contribution in [0.2, 0.25) is 0 Å². The summed E-state index contributed by atoms with van der Waals surface area (Å²) in [4.78, 5) is 35.8. The minimum absolute atomic E-state index is 0.0443. The summed E-state index contributed by atoms with van der Waals surface area (Å²) in [5, 5.41) is 5.16. The second-order valence-electron chi connectivity index (χ2n) is 7.61. The molecule has 2 aromatic rings. The van der Waals surface area contributed by atoms with Crippen LogP contribution in [0.1, 0.15) is 37.8 Å². The number of hydrogen-bond donors (Lipinski definition) is 2. The van der Waals surface area contributed by atoms with Crippen molar-refractivity contribution >= 4 is 17.8 Å². The van der Waals surface area contributed by atoms with Gasteiger partial charge in [-0.15, -0.1) is 0 Å². The Morgan fingerprint density at radius 1 is 0.966 bits per heavy atom. The molecule has 2 aromatic carbocycles. The van der Waals surface area contributed by atoms with Crippen LogP contribution in [0.15, 0.2) is 48.5 Å². The maximum absolute atomic E-state index is 12.4. The molecule has 2 amide bonds. The molecular formula is C23H26N2O4. The van der Waals surface area contributed by atoms with Gasteiger partial charge in [0.05, 0.1) is 6.54 Å². The Balaban J connectivity index is 1.66. The Labute approximate surface area is 170 Å². The number of Topliss-reactive ketones (excluding diaryl/α,β-unsaturated/α-hetero) is 1. The molecule has 1 unspecified atom stereocenters. The number of ether oxygens (including phenoxy) is 1. The van der Waals surface area contributed by atoms with Gasteiger partial charge in [0.25, 0.3) is 0 Å². The largest absolute Gasteiger partial charge is 0.449 e. The highest BCUT2D eigenvalue weighted by Gasteiger charge is 2.30. The molecular weight excluding hydrogens is 368 g/mol. The van der Waals surface area contributed by atoms with Crippen molar-refractivity contribution in [1.29, 1.82) is 0 Å². The van der Waals surface area contributed by atoms with E-state index >= 15 is 0 Å². The van der Waals surface area contributed by atoms with E-state index in [2.05, 4.69) is 22.8 Å². The zero-order valence-corrected chi connectivity index (χ0v) is 16.9. The summed E-state index contributed by atoms with van der Waals surface area (Å²) < 4.78 is 5.50. The van der Waals surface area contributed by atoms with Gasteiger partial charge in [-0.3, -0.25) is 9.59 Å². The second-order valence-corrected chi connectivity index (χ2v) is 7.61. The van der Waals surface area contributed by atoms with Crippen molar-refractivity contribution in [3.63, 3.8) is 0 Å². The molecule has 0 heterocycles. The van der Waals surface area contributed by atoms with E-state index in [1.807, 2.05) is 50.2 Å². The van der Waals surface area contributed by atoms with Crippen LogP contribution in [-0.2, 0) is 14.3 Å². The molecule has 1 aliphatic carbocycles. The summed E-state index contributed by atoms with van der Waals surface area (Å²) in [6.07, 6.45) is -0.650. The first kappa shape index (κ1) is 20.6. The highest BCUT2D eigenvalue weighted by molar-refractivity contribution is 5.89. The Bertz CT molecular complexity index is 877. The Hall–Kier alpha value is -3.15. The summed E-state index contributed by atoms with van der Waals surface area (Å²) in [5.41, 5.74) is 4.56. The monoisotopic (exact) mass is 394 g/mol. The SMILES string of the molecule is CC(=O)CNC(=O)C(NC(=O)OCC1c2ccccc2-c2ccccc21)C(C)C. The number of carbonyl (C=O) groups excluding carboxylic acids is 3. The van der Waals surface area contributed by atoms with Crippen LogP contribution in [0.25, 0.3) is 11.1 Å². The van der Waals surface area contributed by atoms with Crippen LogP contribution in [-0.4, -0.2) is 37.0 Å². The molecule has 2 N–H and O–H groups in total. The molecule has 1 aliphatic rings. The third-order valence-corrected chi connectivity index (χ3v) is 5.08. The molecule has 152 valence electrons. The number of benzene rings is 2. The van der Waals surface area contributed by atoms with Gasteiger partial charge in [0.2, 0.25) is 5.91 Å². The number of carbonyl (C=O) groups is 3. The van der Waals surface area contributed by atoms with Crippen LogP contribution < -0.4 is 10.6 Å². The molecule has 0 bridgehead atoms. The summed E-state index contributed by atoms with van der Waals surface area (Å²) in [6.45, 7) is 5.15. The van der Waals surface area contributed by atoms with E-state index in [0.717, 1.165) is 22.3 Å². The fourth-order valence-corrected chi connectivity index (χ4v) is 3.62. The van der Waals surface area contributed by atoms with E-state index < -0.39 is 18.0 Å². The third-order valence-electron chi connectivity index (χ3n) is 5.08. The van der Waals surface area contributed by atoms with Crippen LogP contribution >= 0.6 is 0 Å². The van der Waals surface area contributed by atoms with Gasteiger partial charge in [-0.25, -0.2) is 4.79 Å². The lowest BCUT2D eigenvalue weighted by atomic mass is 9.98. The van der Waals surface area contributed by atoms with Gasteiger partial charge in [-0.1, -0.05) is 62.4 Å². The number of fused-ring (bicyclic) bond motifs is 3. The van der Waals surface area contributed by atoms with Crippen LogP contribution in [0.4, 0.5) is 4.79 Å².